The fourth-order valence-electron chi connectivity index (χ4n) is 3.73. The highest BCUT2D eigenvalue weighted by molar-refractivity contribution is 6.30. The van der Waals surface area contributed by atoms with Crippen molar-refractivity contribution >= 4 is 34.4 Å². The van der Waals surface area contributed by atoms with Gasteiger partial charge in [0, 0.05) is 21.7 Å². The number of benzene rings is 2. The van der Waals surface area contributed by atoms with Crippen molar-refractivity contribution in [3.05, 3.63) is 64.1 Å². The first-order valence-corrected chi connectivity index (χ1v) is 9.62. The van der Waals surface area contributed by atoms with E-state index in [4.69, 9.17) is 11.6 Å². The Morgan fingerprint density at radius 1 is 1.17 bits per heavy atom. The Labute approximate surface area is 172 Å². The van der Waals surface area contributed by atoms with Gasteiger partial charge in [-0.3, -0.25) is 14.2 Å². The van der Waals surface area contributed by atoms with E-state index in [2.05, 4.69) is 0 Å². The summed E-state index contributed by atoms with van der Waals surface area (Å²) in [5.41, 5.74) is 1.07. The number of hydrogen-bond donors (Lipinski definition) is 2. The largest absolute Gasteiger partial charge is 0.505 e. The van der Waals surface area contributed by atoms with E-state index in [0.29, 0.717) is 22.7 Å². The van der Waals surface area contributed by atoms with Crippen LogP contribution in [-0.4, -0.2) is 26.7 Å². The number of fused-ring (bicyclic) bond motifs is 1. The monoisotopic (exact) mass is 417 g/mol. The first-order chi connectivity index (χ1) is 13.7. The summed E-state index contributed by atoms with van der Waals surface area (Å²) in [7, 11) is 0. The molecule has 29 heavy (non-hydrogen) atoms. The minimum absolute atomic E-state index is 0.0440. The number of carboxylic acid groups (broad SMARTS) is 1. The van der Waals surface area contributed by atoms with Gasteiger partial charge in [0.15, 0.2) is 11.6 Å². The minimum atomic E-state index is -1.11. The normalized spacial score (nSPS) is 13.4. The van der Waals surface area contributed by atoms with Crippen molar-refractivity contribution in [3.63, 3.8) is 0 Å². The number of aromatic nitrogens is 1. The van der Waals surface area contributed by atoms with Crippen molar-refractivity contribution in [3.8, 4) is 5.75 Å². The minimum Gasteiger partial charge on any atom is -0.505 e. The van der Waals surface area contributed by atoms with Crippen molar-refractivity contribution in [2.24, 2.45) is 5.92 Å². The van der Waals surface area contributed by atoms with E-state index in [1.807, 2.05) is 6.92 Å². The second kappa shape index (κ2) is 7.87. The molecule has 0 amide bonds. The Hall–Kier alpha value is -2.86. The molecule has 152 valence electrons. The Bertz CT molecular complexity index is 1100. The van der Waals surface area contributed by atoms with Gasteiger partial charge in [-0.15, -0.1) is 0 Å². The fraction of sp³-hybridized carbons (Fsp3) is 0.273. The van der Waals surface area contributed by atoms with Crippen LogP contribution < -0.4 is 0 Å². The molecule has 3 aromatic rings. The Morgan fingerprint density at radius 2 is 1.79 bits per heavy atom. The zero-order valence-electron chi connectivity index (χ0n) is 16.2. The number of aliphatic carboxylic acids is 1. The molecule has 7 heteroatoms. The number of carbonyl (C=O) groups excluding carboxylic acids is 1. The van der Waals surface area contributed by atoms with Crippen molar-refractivity contribution in [1.82, 2.24) is 4.57 Å². The van der Waals surface area contributed by atoms with Gasteiger partial charge in [-0.05, 0) is 54.8 Å². The quantitative estimate of drug-likeness (QED) is 0.586. The molecule has 0 aliphatic rings. The zero-order valence-corrected chi connectivity index (χ0v) is 17.0. The Kier molecular flexibility index (Phi) is 5.66. The van der Waals surface area contributed by atoms with Gasteiger partial charge in [0.25, 0.3) is 5.91 Å². The van der Waals surface area contributed by atoms with Crippen LogP contribution in [-0.2, 0) is 4.79 Å². The molecule has 0 aliphatic heterocycles. The molecule has 2 aromatic carbocycles. The molecular weight excluding hydrogens is 397 g/mol. The molecule has 3 rings (SSSR count). The summed E-state index contributed by atoms with van der Waals surface area (Å²) in [5, 5.41) is 20.2. The highest BCUT2D eigenvalue weighted by Gasteiger charge is 2.34. The van der Waals surface area contributed by atoms with Crippen molar-refractivity contribution in [2.45, 2.75) is 33.1 Å². The topological polar surface area (TPSA) is 79.5 Å². The number of phenols is 1. The second-order valence-electron chi connectivity index (χ2n) is 7.14. The molecule has 1 unspecified atom stereocenters. The SMILES string of the molecule is CC[C@H](C)C(C(=O)O)c1c(C)n(C(=O)c2ccc(Cl)cc2)c2ccc(O)c(F)c12. The predicted octanol–water partition coefficient (Wildman–Crippen LogP) is 5.35. The van der Waals surface area contributed by atoms with Crippen LogP contribution in [0.1, 0.15) is 47.8 Å². The highest BCUT2D eigenvalue weighted by Crippen LogP contribution is 2.40. The maximum absolute atomic E-state index is 15.0. The fourth-order valence-corrected chi connectivity index (χ4v) is 3.86. The van der Waals surface area contributed by atoms with Crippen LogP contribution in [0.15, 0.2) is 36.4 Å². The summed E-state index contributed by atoms with van der Waals surface area (Å²) in [4.78, 5) is 25.3. The molecule has 0 bridgehead atoms. The van der Waals surface area contributed by atoms with Gasteiger partial charge in [0.2, 0.25) is 0 Å². The molecule has 1 heterocycles. The predicted molar refractivity (Wildman–Crippen MR) is 109 cm³/mol. The van der Waals surface area contributed by atoms with Gasteiger partial charge in [0.05, 0.1) is 11.4 Å². The molecule has 0 radical (unpaired) electrons. The van der Waals surface area contributed by atoms with E-state index in [9.17, 15) is 24.2 Å². The smallest absolute Gasteiger partial charge is 0.311 e. The van der Waals surface area contributed by atoms with Gasteiger partial charge in [-0.25, -0.2) is 4.39 Å². The Balaban J connectivity index is 2.37. The van der Waals surface area contributed by atoms with Crippen LogP contribution in [0.4, 0.5) is 4.39 Å². The molecule has 0 fully saturated rings. The molecule has 0 aliphatic carbocycles. The third-order valence-corrected chi connectivity index (χ3v) is 5.67. The van der Waals surface area contributed by atoms with Crippen LogP contribution in [0.2, 0.25) is 5.02 Å². The molecule has 5 nitrogen and oxygen atoms in total. The van der Waals surface area contributed by atoms with E-state index < -0.39 is 29.4 Å². The average molecular weight is 418 g/mol. The summed E-state index contributed by atoms with van der Waals surface area (Å²) < 4.78 is 16.3. The van der Waals surface area contributed by atoms with Crippen molar-refractivity contribution in [1.29, 1.82) is 0 Å². The van der Waals surface area contributed by atoms with Crippen LogP contribution in [0.5, 0.6) is 5.75 Å². The summed E-state index contributed by atoms with van der Waals surface area (Å²) >= 11 is 5.90. The molecule has 2 N–H and O–H groups in total. The number of nitrogens with zero attached hydrogens (tertiary/aromatic N) is 1. The molecule has 0 saturated carbocycles. The summed E-state index contributed by atoms with van der Waals surface area (Å²) in [6.45, 7) is 5.21. The zero-order chi connectivity index (χ0) is 21.5. The van der Waals surface area contributed by atoms with Crippen LogP contribution in [0, 0.1) is 18.7 Å². The van der Waals surface area contributed by atoms with E-state index in [1.54, 1.807) is 38.1 Å². The average Bonchev–Trinajstić information content (AvgIpc) is 2.97. The van der Waals surface area contributed by atoms with Crippen molar-refractivity contribution < 1.29 is 24.2 Å². The molecule has 2 atom stereocenters. The molecular formula is C22H21ClFNO4. The number of hydrogen-bond acceptors (Lipinski definition) is 3. The maximum Gasteiger partial charge on any atom is 0.311 e. The maximum atomic E-state index is 15.0. The lowest BCUT2D eigenvalue weighted by molar-refractivity contribution is -0.140. The van der Waals surface area contributed by atoms with Gasteiger partial charge in [-0.2, -0.15) is 0 Å². The lowest BCUT2D eigenvalue weighted by Gasteiger charge is -2.20. The van der Waals surface area contributed by atoms with Gasteiger partial charge in [0.1, 0.15) is 0 Å². The standard InChI is InChI=1S/C22H21ClFNO4/c1-4-11(2)17(22(28)29)18-12(3)25(15-9-10-16(26)20(24)19(15)18)21(27)13-5-7-14(23)8-6-13/h5-11,17,26H,4H2,1-3H3,(H,28,29)/t11-,17?/m0/s1. The van der Waals surface area contributed by atoms with Crippen LogP contribution in [0.3, 0.4) is 0 Å². The third-order valence-electron chi connectivity index (χ3n) is 5.42. The second-order valence-corrected chi connectivity index (χ2v) is 7.58. The number of carboxylic acids is 1. The first kappa shape index (κ1) is 20.9. The number of rotatable bonds is 5. The highest BCUT2D eigenvalue weighted by atomic mass is 35.5. The molecule has 0 spiro atoms. The van der Waals surface area contributed by atoms with E-state index in [0.717, 1.165) is 6.07 Å². The number of halogens is 2. The van der Waals surface area contributed by atoms with Gasteiger partial charge >= 0.3 is 5.97 Å². The molecule has 0 saturated heterocycles. The van der Waals surface area contributed by atoms with Crippen LogP contribution in [0.25, 0.3) is 10.9 Å². The van der Waals surface area contributed by atoms with Crippen molar-refractivity contribution in [2.75, 3.05) is 0 Å². The van der Waals surface area contributed by atoms with E-state index in [1.165, 1.54) is 10.6 Å². The first-order valence-electron chi connectivity index (χ1n) is 9.24. The molecule has 1 aromatic heterocycles. The summed E-state index contributed by atoms with van der Waals surface area (Å²) in [6.07, 6.45) is 0.550. The van der Waals surface area contributed by atoms with E-state index in [-0.39, 0.29) is 22.4 Å². The number of phenolic OH excluding ortho intramolecular Hbond substituents is 1. The number of carbonyl (C=O) groups is 2. The lowest BCUT2D eigenvalue weighted by Crippen LogP contribution is -2.21. The van der Waals surface area contributed by atoms with Gasteiger partial charge < -0.3 is 10.2 Å². The summed E-state index contributed by atoms with van der Waals surface area (Å²) in [5.74, 6) is -4.41. The third kappa shape index (κ3) is 3.49. The van der Waals surface area contributed by atoms with Crippen LogP contribution >= 0.6 is 11.6 Å². The van der Waals surface area contributed by atoms with E-state index >= 15 is 0 Å². The summed E-state index contributed by atoms with van der Waals surface area (Å²) in [6, 6.07) is 8.83. The van der Waals surface area contributed by atoms with Gasteiger partial charge in [-0.1, -0.05) is 31.9 Å². The number of aromatic hydroxyl groups is 1. The Morgan fingerprint density at radius 3 is 2.34 bits per heavy atom. The lowest BCUT2D eigenvalue weighted by atomic mass is 9.84.